The molecule has 0 amide bonds. The molecule has 1 aliphatic rings. The van der Waals surface area contributed by atoms with Crippen molar-refractivity contribution in [3.05, 3.63) is 283 Å². The summed E-state index contributed by atoms with van der Waals surface area (Å²) in [5, 5.41) is 1.40. The predicted octanol–water partition coefficient (Wildman–Crippen LogP) is 17.2. The van der Waals surface area contributed by atoms with Crippen LogP contribution >= 0.6 is 0 Å². The van der Waals surface area contributed by atoms with E-state index in [1.807, 2.05) is 109 Å². The van der Waals surface area contributed by atoms with Crippen LogP contribution in [0.4, 0.5) is 17.1 Å². The highest BCUT2D eigenvalue weighted by Crippen LogP contribution is 2.57. The smallest absolute Gasteiger partial charge is 0.136 e. The van der Waals surface area contributed by atoms with Gasteiger partial charge in [-0.05, 0) is 121 Å². The molecule has 0 N–H and O–H groups in total. The molecular formula is C63H45NO. The fourth-order valence-electron chi connectivity index (χ4n) is 9.41. The SMILES string of the molecule is [2H]c1c([2H])c(N(c2ccc3c(c2)C(c2ccccc2)(c2ccccc2)c2ccccc2-3)c2c([2H])c([2H])c(-c3cccc4oc5ccccc5c34)c([2H])c2[2H])c([2H])c([2H])c1-c1ccc(/C=C\C=C)c(/C=C\C=C)c1. The zero-order valence-electron chi connectivity index (χ0n) is 43.3. The Kier molecular flexibility index (Phi) is 8.05. The van der Waals surface area contributed by atoms with Gasteiger partial charge in [0.2, 0.25) is 0 Å². The molecule has 10 aromatic rings. The van der Waals surface area contributed by atoms with Crippen molar-refractivity contribution < 1.29 is 15.4 Å². The minimum atomic E-state index is -0.899. The number of hydrogen-bond donors (Lipinski definition) is 0. The van der Waals surface area contributed by atoms with Gasteiger partial charge in [-0.25, -0.2) is 0 Å². The number of nitrogens with zero attached hydrogens (tertiary/aromatic N) is 1. The normalized spacial score (nSPS) is 14.5. The van der Waals surface area contributed by atoms with E-state index in [1.165, 1.54) is 4.90 Å². The first-order chi connectivity index (χ1) is 35.5. The molecule has 0 aliphatic heterocycles. The predicted molar refractivity (Wildman–Crippen MR) is 275 cm³/mol. The van der Waals surface area contributed by atoms with E-state index in [2.05, 4.69) is 49.6 Å². The number of para-hydroxylation sites is 1. The van der Waals surface area contributed by atoms with E-state index < -0.39 is 29.6 Å². The molecule has 1 aromatic heterocycles. The molecule has 1 aliphatic carbocycles. The van der Waals surface area contributed by atoms with Crippen molar-refractivity contribution in [2.75, 3.05) is 4.90 Å². The van der Waals surface area contributed by atoms with Crippen molar-refractivity contribution in [2.24, 2.45) is 0 Å². The first kappa shape index (κ1) is 31.4. The summed E-state index contributed by atoms with van der Waals surface area (Å²) in [6, 6.07) is 49.3. The van der Waals surface area contributed by atoms with Crippen LogP contribution in [0.2, 0.25) is 0 Å². The Morgan fingerprint density at radius 3 is 1.74 bits per heavy atom. The second-order valence-corrected chi connectivity index (χ2v) is 15.9. The van der Waals surface area contributed by atoms with Crippen LogP contribution in [0.3, 0.4) is 0 Å². The highest BCUT2D eigenvalue weighted by atomic mass is 16.3. The lowest BCUT2D eigenvalue weighted by molar-refractivity contribution is 0.669. The Balaban J connectivity index is 1.21. The average Bonchev–Trinajstić information content (AvgIpc) is 3.95. The summed E-state index contributed by atoms with van der Waals surface area (Å²) in [5.41, 5.74) is 8.40. The summed E-state index contributed by atoms with van der Waals surface area (Å²) >= 11 is 0. The topological polar surface area (TPSA) is 16.4 Å². The number of rotatable bonds is 11. The van der Waals surface area contributed by atoms with Crippen molar-refractivity contribution in [2.45, 2.75) is 5.41 Å². The van der Waals surface area contributed by atoms with Crippen LogP contribution in [-0.2, 0) is 5.41 Å². The van der Waals surface area contributed by atoms with Gasteiger partial charge in [0.15, 0.2) is 0 Å². The molecule has 0 bridgehead atoms. The maximum atomic E-state index is 9.97. The Bertz CT molecular complexity index is 3850. The van der Waals surface area contributed by atoms with Gasteiger partial charge < -0.3 is 9.32 Å². The average molecular weight is 840 g/mol. The number of furan rings is 1. The van der Waals surface area contributed by atoms with Crippen LogP contribution < -0.4 is 4.90 Å². The number of benzene rings is 9. The molecule has 0 saturated heterocycles. The first-order valence-electron chi connectivity index (χ1n) is 25.5. The molecule has 0 radical (unpaired) electrons. The highest BCUT2D eigenvalue weighted by Gasteiger charge is 2.46. The Hall–Kier alpha value is -8.46. The van der Waals surface area contributed by atoms with E-state index in [0.717, 1.165) is 49.9 Å². The largest absolute Gasteiger partial charge is 0.456 e. The minimum absolute atomic E-state index is 0.0509. The molecular weight excluding hydrogens is 787 g/mol. The molecule has 0 unspecified atom stereocenters. The van der Waals surface area contributed by atoms with Crippen LogP contribution in [0, 0.1) is 0 Å². The van der Waals surface area contributed by atoms with Crippen molar-refractivity contribution in [1.82, 2.24) is 0 Å². The Labute approximate surface area is 392 Å². The lowest BCUT2D eigenvalue weighted by Gasteiger charge is -2.35. The molecule has 11 rings (SSSR count). The van der Waals surface area contributed by atoms with Gasteiger partial charge in [0.05, 0.1) is 16.4 Å². The zero-order chi connectivity index (χ0) is 50.7. The molecule has 0 fully saturated rings. The molecule has 65 heavy (non-hydrogen) atoms. The summed E-state index contributed by atoms with van der Waals surface area (Å²) in [4.78, 5) is 1.40. The number of anilines is 3. The molecule has 2 heteroatoms. The summed E-state index contributed by atoms with van der Waals surface area (Å²) in [6.07, 6.45) is 10.6. The van der Waals surface area contributed by atoms with Crippen LogP contribution in [0.25, 0.3) is 67.5 Å². The molecule has 1 heterocycles. The maximum Gasteiger partial charge on any atom is 0.136 e. The van der Waals surface area contributed by atoms with Gasteiger partial charge in [-0.15, -0.1) is 0 Å². The Morgan fingerprint density at radius 1 is 0.446 bits per heavy atom. The fraction of sp³-hybridized carbons (Fsp3) is 0.0159. The van der Waals surface area contributed by atoms with Crippen LogP contribution in [0.15, 0.2) is 254 Å². The van der Waals surface area contributed by atoms with E-state index in [4.69, 9.17) is 4.42 Å². The maximum absolute atomic E-state index is 9.97. The van der Waals surface area contributed by atoms with Gasteiger partial charge in [0, 0.05) is 27.8 Å². The summed E-state index contributed by atoms with van der Waals surface area (Å²) in [5.74, 6) is 0. The van der Waals surface area contributed by atoms with Gasteiger partial charge in [-0.3, -0.25) is 0 Å². The summed E-state index contributed by atoms with van der Waals surface area (Å²) in [6.45, 7) is 7.61. The van der Waals surface area contributed by atoms with Crippen molar-refractivity contribution >= 4 is 51.2 Å². The zero-order valence-corrected chi connectivity index (χ0v) is 35.3. The molecule has 0 atom stereocenters. The monoisotopic (exact) mass is 839 g/mol. The highest BCUT2D eigenvalue weighted by molar-refractivity contribution is 6.12. The third-order valence-corrected chi connectivity index (χ3v) is 12.2. The minimum Gasteiger partial charge on any atom is -0.456 e. The second kappa shape index (κ2) is 16.7. The van der Waals surface area contributed by atoms with Crippen LogP contribution in [0.1, 0.15) is 44.3 Å². The molecule has 9 aromatic carbocycles. The molecule has 308 valence electrons. The van der Waals surface area contributed by atoms with Crippen LogP contribution in [-0.4, -0.2) is 0 Å². The number of allylic oxidation sites excluding steroid dienone is 4. The van der Waals surface area contributed by atoms with Gasteiger partial charge >= 0.3 is 0 Å². The van der Waals surface area contributed by atoms with E-state index >= 15 is 0 Å². The van der Waals surface area contributed by atoms with Gasteiger partial charge in [-0.1, -0.05) is 207 Å². The lowest BCUT2D eigenvalue weighted by atomic mass is 9.67. The third kappa shape index (κ3) is 6.75. The standard InChI is InChI=1S/C63H45NO/c1-3-5-18-44-30-31-48(42-47(44)19-6-4-2)45-32-36-51(37-33-45)64(52-38-34-46(35-39-52)54-26-17-29-61-62(54)57-25-14-16-28-60(57)65-61)53-40-41-56-55-24-13-15-27-58(55)63(59(56)43-53,49-20-9-7-10-21-49)50-22-11-8-12-23-50/h3-43H,1-2H2/b18-5-,19-6-/i32D,33D,34D,35D,36D,37D,38D,39D. The second-order valence-electron chi connectivity index (χ2n) is 15.9. The van der Waals surface area contributed by atoms with Gasteiger partial charge in [-0.2, -0.15) is 0 Å². The third-order valence-electron chi connectivity index (χ3n) is 12.2. The first-order valence-corrected chi connectivity index (χ1v) is 21.5. The van der Waals surface area contributed by atoms with Crippen LogP contribution in [0.5, 0.6) is 0 Å². The molecule has 0 saturated carbocycles. The van der Waals surface area contributed by atoms with E-state index in [9.17, 15) is 11.0 Å². The molecule has 2 nitrogen and oxygen atoms in total. The molecule has 0 spiro atoms. The van der Waals surface area contributed by atoms with Gasteiger partial charge in [0.1, 0.15) is 11.2 Å². The number of hydrogen-bond acceptors (Lipinski definition) is 2. The van der Waals surface area contributed by atoms with Crippen molar-refractivity contribution in [3.8, 4) is 33.4 Å². The Morgan fingerprint density at radius 2 is 1.03 bits per heavy atom. The van der Waals surface area contributed by atoms with E-state index in [1.54, 1.807) is 54.6 Å². The van der Waals surface area contributed by atoms with E-state index in [0.29, 0.717) is 33.4 Å². The van der Waals surface area contributed by atoms with Gasteiger partial charge in [0.25, 0.3) is 0 Å². The quantitative estimate of drug-likeness (QED) is 0.121. The van der Waals surface area contributed by atoms with Crippen molar-refractivity contribution in [3.63, 3.8) is 0 Å². The summed E-state index contributed by atoms with van der Waals surface area (Å²) < 4.78 is 85.0. The lowest BCUT2D eigenvalue weighted by Crippen LogP contribution is -2.28. The number of fused-ring (bicyclic) bond motifs is 6. The summed E-state index contributed by atoms with van der Waals surface area (Å²) in [7, 11) is 0. The van der Waals surface area contributed by atoms with Crippen molar-refractivity contribution in [1.29, 1.82) is 0 Å². The van der Waals surface area contributed by atoms with E-state index in [-0.39, 0.29) is 46.7 Å². The fourth-order valence-corrected chi connectivity index (χ4v) is 9.41.